The zero-order valence-corrected chi connectivity index (χ0v) is 24.4. The number of nitrogens with zero attached hydrogens (tertiary/aromatic N) is 1. The van der Waals surface area contributed by atoms with Crippen molar-refractivity contribution in [2.75, 3.05) is 14.2 Å². The number of aliphatic imine (C=N–C) groups is 1. The first-order valence-electron chi connectivity index (χ1n) is 12.5. The number of terminal acetylenes is 1. The van der Waals surface area contributed by atoms with E-state index >= 15 is 0 Å². The van der Waals surface area contributed by atoms with Crippen LogP contribution in [0.2, 0.25) is 0 Å². The molecule has 40 heavy (non-hydrogen) atoms. The zero-order valence-electron chi connectivity index (χ0n) is 23.6. The molecule has 1 fully saturated rings. The molecule has 1 aromatic heterocycles. The highest BCUT2D eigenvalue weighted by Crippen LogP contribution is 2.37. The lowest BCUT2D eigenvalue weighted by molar-refractivity contribution is 0.0701. The molecule has 0 unspecified atom stereocenters. The summed E-state index contributed by atoms with van der Waals surface area (Å²) in [7, 11) is 3.30. The van der Waals surface area contributed by atoms with Gasteiger partial charge >= 0.3 is 5.97 Å². The van der Waals surface area contributed by atoms with E-state index in [1.165, 1.54) is 6.92 Å². The fraction of sp³-hybridized carbons (Fsp3) is 0.281. The van der Waals surface area contributed by atoms with Gasteiger partial charge in [-0.1, -0.05) is 24.8 Å². The number of hydrogen-bond donors (Lipinski definition) is 1. The molecule has 2 aromatic carbocycles. The molecule has 0 spiro atoms. The van der Waals surface area contributed by atoms with E-state index < -0.39 is 5.97 Å². The number of benzene rings is 2. The number of aromatic carboxylic acids is 1. The minimum atomic E-state index is -1.01. The maximum atomic E-state index is 11.7. The Labute approximate surface area is 240 Å². The van der Waals surface area contributed by atoms with E-state index in [0.29, 0.717) is 22.7 Å². The van der Waals surface area contributed by atoms with Gasteiger partial charge in [0.2, 0.25) is 0 Å². The lowest BCUT2D eigenvalue weighted by atomic mass is 10.1. The summed E-state index contributed by atoms with van der Waals surface area (Å²) in [4.78, 5) is 27.5. The number of carboxylic acid groups (broad SMARTS) is 1. The highest BCUT2D eigenvalue weighted by atomic mass is 32.1. The normalized spacial score (nSPS) is 13.0. The first-order chi connectivity index (χ1) is 19.1. The van der Waals surface area contributed by atoms with Crippen molar-refractivity contribution in [3.63, 3.8) is 0 Å². The van der Waals surface area contributed by atoms with Crippen LogP contribution in [-0.2, 0) is 6.61 Å². The van der Waals surface area contributed by atoms with Gasteiger partial charge in [0.05, 0.1) is 19.8 Å². The molecule has 1 N–H and O–H groups in total. The smallest absolute Gasteiger partial charge is 0.346 e. The first-order valence-corrected chi connectivity index (χ1v) is 13.3. The quantitative estimate of drug-likeness (QED) is 0.225. The number of ether oxygens (including phenoxy) is 3. The third-order valence-electron chi connectivity index (χ3n) is 6.06. The largest absolute Gasteiger partial charge is 0.497 e. The molecule has 0 aliphatic heterocycles. The van der Waals surface area contributed by atoms with Crippen molar-refractivity contribution >= 4 is 33.8 Å². The summed E-state index contributed by atoms with van der Waals surface area (Å²) in [6.45, 7) is 9.54. The van der Waals surface area contributed by atoms with Crippen molar-refractivity contribution in [3.8, 4) is 30.1 Å². The third kappa shape index (κ3) is 8.32. The molecular weight excluding hydrogens is 526 g/mol. The standard InChI is InChI=1S/C16H18O3.C14H15NO3S.C2H2/c1-12-7-8-15(16(9-12)18-3)19-11-13-5-4-6-14(10-13)17-2;1-7-5-4-6-10(7)15-13-11(9(3)16)8(2)12(19-13)14(17)18;1-2/h4-10H,11H2,1-3H3;1,4-6H2,2-3H3,(H,17,18);1-2H/b;15-10+;. The van der Waals surface area contributed by atoms with Crippen LogP contribution in [0.3, 0.4) is 0 Å². The summed E-state index contributed by atoms with van der Waals surface area (Å²) < 4.78 is 16.3. The Kier molecular flexibility index (Phi) is 12.2. The number of thiophene rings is 1. The second kappa shape index (κ2) is 15.3. The van der Waals surface area contributed by atoms with E-state index in [1.54, 1.807) is 21.1 Å². The van der Waals surface area contributed by atoms with Gasteiger partial charge in [-0.05, 0) is 86.6 Å². The van der Waals surface area contributed by atoms with Crippen molar-refractivity contribution in [1.82, 2.24) is 0 Å². The second-order valence-electron chi connectivity index (χ2n) is 8.91. The van der Waals surface area contributed by atoms with Crippen LogP contribution in [0.25, 0.3) is 0 Å². The first kappa shape index (κ1) is 31.9. The van der Waals surface area contributed by atoms with Crippen molar-refractivity contribution in [2.24, 2.45) is 4.99 Å². The second-order valence-corrected chi connectivity index (χ2v) is 9.91. The Morgan fingerprint density at radius 1 is 1.05 bits per heavy atom. The van der Waals surface area contributed by atoms with E-state index in [9.17, 15) is 9.59 Å². The molecule has 210 valence electrons. The molecule has 8 heteroatoms. The summed E-state index contributed by atoms with van der Waals surface area (Å²) in [5, 5.41) is 9.63. The number of hydrogen-bond acceptors (Lipinski definition) is 7. The number of allylic oxidation sites excluding steroid dienone is 1. The average molecular weight is 562 g/mol. The highest BCUT2D eigenvalue weighted by molar-refractivity contribution is 7.18. The van der Waals surface area contributed by atoms with E-state index in [2.05, 4.69) is 24.4 Å². The number of carbonyl (C=O) groups is 2. The monoisotopic (exact) mass is 561 g/mol. The summed E-state index contributed by atoms with van der Waals surface area (Å²) in [6, 6.07) is 13.7. The van der Waals surface area contributed by atoms with E-state index in [1.807, 2.05) is 49.4 Å². The van der Waals surface area contributed by atoms with Gasteiger partial charge in [0.15, 0.2) is 17.3 Å². The van der Waals surface area contributed by atoms with E-state index in [-0.39, 0.29) is 10.7 Å². The van der Waals surface area contributed by atoms with Gasteiger partial charge in [-0.15, -0.1) is 24.2 Å². The minimum Gasteiger partial charge on any atom is -0.497 e. The summed E-state index contributed by atoms with van der Waals surface area (Å²) in [5.74, 6) is 1.17. The van der Waals surface area contributed by atoms with Crippen molar-refractivity contribution < 1.29 is 28.9 Å². The number of Topliss-reactive ketones (excluding diaryl/α,β-unsaturated/α-hetero) is 1. The van der Waals surface area contributed by atoms with Crippen LogP contribution >= 0.6 is 11.3 Å². The van der Waals surface area contributed by atoms with Crippen molar-refractivity contribution in [2.45, 2.75) is 46.6 Å². The van der Waals surface area contributed by atoms with Gasteiger partial charge in [0, 0.05) is 5.71 Å². The minimum absolute atomic E-state index is 0.149. The highest BCUT2D eigenvalue weighted by Gasteiger charge is 2.23. The van der Waals surface area contributed by atoms with Gasteiger partial charge in [-0.2, -0.15) is 0 Å². The average Bonchev–Trinajstić information content (AvgIpc) is 3.51. The Hall–Kier alpha value is -4.35. The molecule has 0 saturated heterocycles. The SMILES string of the molecule is C#C.C=C1CCC/C1=N\c1sc(C(=O)O)c(C)c1C(C)=O.COc1cccc(COc2ccc(C)cc2OC)c1. The fourth-order valence-corrected chi connectivity index (χ4v) is 5.15. The van der Waals surface area contributed by atoms with Crippen LogP contribution in [0.4, 0.5) is 5.00 Å². The van der Waals surface area contributed by atoms with E-state index in [0.717, 1.165) is 70.3 Å². The maximum absolute atomic E-state index is 11.7. The predicted octanol–water partition coefficient (Wildman–Crippen LogP) is 7.61. The molecule has 1 saturated carbocycles. The van der Waals surface area contributed by atoms with Gasteiger partial charge in [0.1, 0.15) is 22.2 Å². The van der Waals surface area contributed by atoms with Gasteiger partial charge < -0.3 is 19.3 Å². The van der Waals surface area contributed by atoms with Crippen LogP contribution in [0.15, 0.2) is 59.6 Å². The number of ketones is 1. The van der Waals surface area contributed by atoms with Crippen molar-refractivity contribution in [1.29, 1.82) is 0 Å². The van der Waals surface area contributed by atoms with E-state index in [4.69, 9.17) is 19.3 Å². The van der Waals surface area contributed by atoms with Gasteiger partial charge in [-0.25, -0.2) is 9.79 Å². The molecule has 0 radical (unpaired) electrons. The lowest BCUT2D eigenvalue weighted by Crippen LogP contribution is -1.99. The molecule has 0 bridgehead atoms. The van der Waals surface area contributed by atoms with Crippen LogP contribution in [0, 0.1) is 26.7 Å². The van der Waals surface area contributed by atoms with Crippen LogP contribution in [0.1, 0.15) is 62.9 Å². The zero-order chi connectivity index (χ0) is 29.8. The molecule has 3 aromatic rings. The molecule has 0 amide bonds. The molecule has 7 nitrogen and oxygen atoms in total. The predicted molar refractivity (Wildman–Crippen MR) is 161 cm³/mol. The summed E-state index contributed by atoms with van der Waals surface area (Å²) in [6.07, 6.45) is 10.8. The number of aryl methyl sites for hydroxylation is 1. The molecule has 4 rings (SSSR count). The molecule has 1 aliphatic rings. The lowest BCUT2D eigenvalue weighted by Gasteiger charge is -2.11. The Bertz CT molecular complexity index is 1420. The van der Waals surface area contributed by atoms with Crippen LogP contribution in [-0.4, -0.2) is 36.8 Å². The Balaban J connectivity index is 0.000000264. The Morgan fingerprint density at radius 2 is 1.77 bits per heavy atom. The number of carboxylic acids is 1. The third-order valence-corrected chi connectivity index (χ3v) is 7.23. The molecule has 1 heterocycles. The van der Waals surface area contributed by atoms with Gasteiger partial charge in [-0.3, -0.25) is 4.79 Å². The molecule has 0 atom stereocenters. The van der Waals surface area contributed by atoms with Crippen LogP contribution < -0.4 is 14.2 Å². The van der Waals surface area contributed by atoms with Crippen LogP contribution in [0.5, 0.6) is 17.2 Å². The number of rotatable bonds is 8. The number of carbonyl (C=O) groups excluding carboxylic acids is 1. The summed E-state index contributed by atoms with van der Waals surface area (Å²) >= 11 is 1.06. The maximum Gasteiger partial charge on any atom is 0.346 e. The molecular formula is C32H35NO6S. The van der Waals surface area contributed by atoms with Crippen molar-refractivity contribution in [3.05, 3.63) is 81.7 Å². The topological polar surface area (TPSA) is 94.4 Å². The Morgan fingerprint density at radius 3 is 2.35 bits per heavy atom. The fourth-order valence-electron chi connectivity index (χ4n) is 4.06. The molecule has 1 aliphatic carbocycles. The van der Waals surface area contributed by atoms with Gasteiger partial charge in [0.25, 0.3) is 0 Å². The number of methoxy groups -OCH3 is 2. The summed E-state index contributed by atoms with van der Waals surface area (Å²) in [5.41, 5.74) is 5.01.